The van der Waals surface area contributed by atoms with Crippen molar-refractivity contribution in [2.24, 2.45) is 0 Å². The molecule has 0 amide bonds. The number of pyridine rings is 1. The van der Waals surface area contributed by atoms with Gasteiger partial charge in [-0.25, -0.2) is 4.98 Å². The van der Waals surface area contributed by atoms with Gasteiger partial charge in [-0.2, -0.15) is 5.10 Å². The van der Waals surface area contributed by atoms with Crippen LogP contribution in [0.5, 0.6) is 0 Å². The van der Waals surface area contributed by atoms with Gasteiger partial charge in [0.25, 0.3) is 0 Å². The Morgan fingerprint density at radius 2 is 2.17 bits per heavy atom. The summed E-state index contributed by atoms with van der Waals surface area (Å²) in [6.45, 7) is 5.88. The van der Waals surface area contributed by atoms with E-state index >= 15 is 0 Å². The number of aromatic nitrogens is 3. The van der Waals surface area contributed by atoms with Gasteiger partial charge in [-0.1, -0.05) is 6.92 Å². The van der Waals surface area contributed by atoms with Crippen LogP contribution in [-0.2, 0) is 13.1 Å². The van der Waals surface area contributed by atoms with E-state index in [4.69, 9.17) is 0 Å². The smallest absolute Gasteiger partial charge is 0.106 e. The fourth-order valence-corrected chi connectivity index (χ4v) is 2.22. The van der Waals surface area contributed by atoms with E-state index in [0.717, 1.165) is 35.5 Å². The highest BCUT2D eigenvalue weighted by Gasteiger charge is 2.03. The van der Waals surface area contributed by atoms with Gasteiger partial charge in [-0.3, -0.25) is 4.68 Å². The molecular weight excluding hydrogens is 292 g/mol. The predicted molar refractivity (Wildman–Crippen MR) is 76.5 cm³/mol. The van der Waals surface area contributed by atoms with Crippen molar-refractivity contribution in [3.8, 4) is 0 Å². The summed E-state index contributed by atoms with van der Waals surface area (Å²) in [6.07, 6.45) is 2.94. The maximum absolute atomic E-state index is 4.36. The topological polar surface area (TPSA) is 42.7 Å². The summed E-state index contributed by atoms with van der Waals surface area (Å²) in [6, 6.07) is 6.02. The Bertz CT molecular complexity index is 521. The van der Waals surface area contributed by atoms with Gasteiger partial charge in [0.15, 0.2) is 0 Å². The van der Waals surface area contributed by atoms with Crippen LogP contribution in [0.2, 0.25) is 0 Å². The molecule has 0 saturated heterocycles. The third-order valence-corrected chi connectivity index (χ3v) is 3.19. The largest absolute Gasteiger partial charge is 0.378 e. The summed E-state index contributed by atoms with van der Waals surface area (Å²) in [4.78, 5) is 4.36. The van der Waals surface area contributed by atoms with Gasteiger partial charge in [-0.05, 0) is 47.5 Å². The van der Waals surface area contributed by atoms with Crippen LogP contribution >= 0.6 is 15.9 Å². The molecule has 4 nitrogen and oxygen atoms in total. The van der Waals surface area contributed by atoms with Crippen LogP contribution in [0.3, 0.4) is 0 Å². The first-order valence-electron chi connectivity index (χ1n) is 6.08. The van der Waals surface area contributed by atoms with Crippen LogP contribution in [-0.4, -0.2) is 14.8 Å². The molecule has 0 aliphatic rings. The van der Waals surface area contributed by atoms with Crippen molar-refractivity contribution >= 4 is 21.6 Å². The van der Waals surface area contributed by atoms with Crippen molar-refractivity contribution in [2.45, 2.75) is 33.4 Å². The summed E-state index contributed by atoms with van der Waals surface area (Å²) in [7, 11) is 0. The van der Waals surface area contributed by atoms with E-state index in [2.05, 4.69) is 38.3 Å². The second-order valence-electron chi connectivity index (χ2n) is 4.17. The predicted octanol–water partition coefficient (Wildman–Crippen LogP) is 3.37. The van der Waals surface area contributed by atoms with Crippen molar-refractivity contribution in [3.63, 3.8) is 0 Å². The molecule has 0 aliphatic carbocycles. The number of aryl methyl sites for hydroxylation is 2. The van der Waals surface area contributed by atoms with E-state index in [1.807, 2.05) is 36.0 Å². The molecule has 0 radical (unpaired) electrons. The minimum Gasteiger partial charge on any atom is -0.378 e. The minimum absolute atomic E-state index is 0.768. The molecule has 0 aliphatic heterocycles. The lowest BCUT2D eigenvalue weighted by molar-refractivity contribution is 0.578. The zero-order valence-electron chi connectivity index (χ0n) is 10.7. The molecular formula is C13H17BrN4. The van der Waals surface area contributed by atoms with Crippen molar-refractivity contribution in [2.75, 3.05) is 5.32 Å². The van der Waals surface area contributed by atoms with E-state index in [1.165, 1.54) is 5.69 Å². The Balaban J connectivity index is 2.04. The normalized spacial score (nSPS) is 10.6. The first kappa shape index (κ1) is 13.1. The van der Waals surface area contributed by atoms with E-state index in [1.54, 1.807) is 0 Å². The number of halogens is 1. The van der Waals surface area contributed by atoms with Crippen LogP contribution < -0.4 is 5.32 Å². The van der Waals surface area contributed by atoms with Crippen molar-refractivity contribution in [1.82, 2.24) is 14.8 Å². The average Bonchev–Trinajstić information content (AvgIpc) is 2.76. The van der Waals surface area contributed by atoms with Crippen LogP contribution in [0.25, 0.3) is 0 Å². The lowest BCUT2D eigenvalue weighted by Gasteiger charge is -2.10. The van der Waals surface area contributed by atoms with Crippen LogP contribution in [0.1, 0.15) is 24.7 Å². The monoisotopic (exact) mass is 308 g/mol. The molecule has 96 valence electrons. The standard InChI is InChI=1S/C13H17BrN4/c1-3-8-18-11(6-7-16-18)9-15-12-4-5-13(14)17-10(12)2/h4-7,15H,3,8-9H2,1-2H3. The quantitative estimate of drug-likeness (QED) is 0.861. The fraction of sp³-hybridized carbons (Fsp3) is 0.385. The number of hydrogen-bond donors (Lipinski definition) is 1. The van der Waals surface area contributed by atoms with Gasteiger partial charge in [0.2, 0.25) is 0 Å². The van der Waals surface area contributed by atoms with E-state index in [-0.39, 0.29) is 0 Å². The Morgan fingerprint density at radius 1 is 1.33 bits per heavy atom. The number of anilines is 1. The molecule has 0 spiro atoms. The number of nitrogens with one attached hydrogen (secondary N) is 1. The van der Waals surface area contributed by atoms with Crippen LogP contribution in [0.15, 0.2) is 29.0 Å². The molecule has 18 heavy (non-hydrogen) atoms. The Kier molecular flexibility index (Phi) is 4.36. The van der Waals surface area contributed by atoms with Crippen molar-refractivity contribution in [3.05, 3.63) is 40.4 Å². The SMILES string of the molecule is CCCn1nccc1CNc1ccc(Br)nc1C. The molecule has 2 rings (SSSR count). The number of rotatable bonds is 5. The molecule has 1 N–H and O–H groups in total. The molecule has 2 aromatic rings. The van der Waals surface area contributed by atoms with Gasteiger partial charge in [-0.15, -0.1) is 0 Å². The first-order valence-corrected chi connectivity index (χ1v) is 6.87. The summed E-state index contributed by atoms with van der Waals surface area (Å²) >= 11 is 3.37. The Labute approximate surface area is 116 Å². The zero-order valence-corrected chi connectivity index (χ0v) is 12.2. The highest BCUT2D eigenvalue weighted by atomic mass is 79.9. The van der Waals surface area contributed by atoms with E-state index in [0.29, 0.717) is 0 Å². The summed E-state index contributed by atoms with van der Waals surface area (Å²) < 4.78 is 2.90. The van der Waals surface area contributed by atoms with E-state index < -0.39 is 0 Å². The molecule has 0 fully saturated rings. The molecule has 0 saturated carbocycles. The molecule has 2 heterocycles. The van der Waals surface area contributed by atoms with Gasteiger partial charge < -0.3 is 5.32 Å². The first-order chi connectivity index (χ1) is 8.70. The summed E-state index contributed by atoms with van der Waals surface area (Å²) in [5, 5.41) is 7.71. The number of nitrogens with zero attached hydrogens (tertiary/aromatic N) is 3. The lowest BCUT2D eigenvalue weighted by Crippen LogP contribution is -2.09. The third kappa shape index (κ3) is 3.10. The molecule has 2 aromatic heterocycles. The highest BCUT2D eigenvalue weighted by molar-refractivity contribution is 9.10. The number of hydrogen-bond acceptors (Lipinski definition) is 3. The van der Waals surface area contributed by atoms with Gasteiger partial charge in [0, 0.05) is 12.7 Å². The fourth-order valence-electron chi connectivity index (χ4n) is 1.83. The maximum atomic E-state index is 4.36. The zero-order chi connectivity index (χ0) is 13.0. The van der Waals surface area contributed by atoms with Crippen LogP contribution in [0.4, 0.5) is 5.69 Å². The summed E-state index contributed by atoms with van der Waals surface area (Å²) in [5.74, 6) is 0. The van der Waals surface area contributed by atoms with Gasteiger partial charge in [0.1, 0.15) is 4.60 Å². The lowest BCUT2D eigenvalue weighted by atomic mass is 10.3. The Hall–Kier alpha value is -1.36. The van der Waals surface area contributed by atoms with Gasteiger partial charge >= 0.3 is 0 Å². The highest BCUT2D eigenvalue weighted by Crippen LogP contribution is 2.17. The van der Waals surface area contributed by atoms with Crippen molar-refractivity contribution in [1.29, 1.82) is 0 Å². The molecule has 0 unspecified atom stereocenters. The second-order valence-corrected chi connectivity index (χ2v) is 4.98. The van der Waals surface area contributed by atoms with Crippen molar-refractivity contribution < 1.29 is 0 Å². The third-order valence-electron chi connectivity index (χ3n) is 2.75. The average molecular weight is 309 g/mol. The van der Waals surface area contributed by atoms with Crippen LogP contribution in [0, 0.1) is 6.92 Å². The van der Waals surface area contributed by atoms with E-state index in [9.17, 15) is 0 Å². The molecule has 0 aromatic carbocycles. The second kappa shape index (κ2) is 6.00. The maximum Gasteiger partial charge on any atom is 0.106 e. The molecule has 0 atom stereocenters. The molecule has 5 heteroatoms. The van der Waals surface area contributed by atoms with Gasteiger partial charge in [0.05, 0.1) is 23.6 Å². The Morgan fingerprint density at radius 3 is 2.89 bits per heavy atom. The summed E-state index contributed by atoms with van der Waals surface area (Å²) in [5.41, 5.74) is 3.24. The molecule has 0 bridgehead atoms. The minimum atomic E-state index is 0.768.